The topological polar surface area (TPSA) is 34.9 Å². The molecule has 1 rings (SSSR count). The van der Waals surface area contributed by atoms with Crippen molar-refractivity contribution in [2.45, 2.75) is 47.0 Å². The second-order valence-electron chi connectivity index (χ2n) is 5.51. The number of nitrogens with zero attached hydrogens (tertiary/aromatic N) is 2. The summed E-state index contributed by atoms with van der Waals surface area (Å²) in [4.78, 5) is 11.8. The van der Waals surface area contributed by atoms with Gasteiger partial charge in [-0.2, -0.15) is 5.10 Å². The Morgan fingerprint density at radius 2 is 2.00 bits per heavy atom. The van der Waals surface area contributed by atoms with E-state index in [0.29, 0.717) is 17.4 Å². The first kappa shape index (κ1) is 14.2. The average Bonchev–Trinajstić information content (AvgIpc) is 2.42. The smallest absolute Gasteiger partial charge is 0.138 e. The van der Waals surface area contributed by atoms with Crippen LogP contribution in [0, 0.1) is 12.3 Å². The molecule has 0 aromatic carbocycles. The maximum atomic E-state index is 11.8. The Morgan fingerprint density at radius 1 is 1.41 bits per heavy atom. The maximum absolute atomic E-state index is 11.8. The molecular formula is C13H21ClN2O. The Labute approximate surface area is 108 Å². The van der Waals surface area contributed by atoms with E-state index in [1.165, 1.54) is 0 Å². The lowest BCUT2D eigenvalue weighted by Gasteiger charge is -2.16. The molecule has 0 radical (unpaired) electrons. The predicted octanol–water partition coefficient (Wildman–Crippen LogP) is 3.32. The van der Waals surface area contributed by atoms with Crippen LogP contribution in [0.3, 0.4) is 0 Å². The molecule has 1 aromatic rings. The molecule has 1 aromatic heterocycles. The number of carbonyl (C=O) groups excluding carboxylic acids is 1. The van der Waals surface area contributed by atoms with Gasteiger partial charge in [-0.15, -0.1) is 0 Å². The van der Waals surface area contributed by atoms with Gasteiger partial charge >= 0.3 is 0 Å². The van der Waals surface area contributed by atoms with Crippen LogP contribution >= 0.6 is 11.6 Å². The molecule has 0 aliphatic rings. The molecule has 96 valence electrons. The van der Waals surface area contributed by atoms with E-state index in [1.807, 2.05) is 34.7 Å². The van der Waals surface area contributed by atoms with Gasteiger partial charge in [0.15, 0.2) is 0 Å². The third-order valence-corrected chi connectivity index (χ3v) is 3.41. The highest BCUT2D eigenvalue weighted by atomic mass is 35.5. The minimum atomic E-state index is -0.242. The van der Waals surface area contributed by atoms with Crippen LogP contribution in [0.4, 0.5) is 0 Å². The standard InChI is InChI=1S/C13H21ClN2O/c1-9-10(12(14)16(5)15-9)7-6-8-11(17)13(2,3)4/h6-8H2,1-5H3. The number of aryl methyl sites for hydroxylation is 2. The minimum absolute atomic E-state index is 0.242. The van der Waals surface area contributed by atoms with Crippen LogP contribution < -0.4 is 0 Å². The second kappa shape index (κ2) is 5.21. The zero-order chi connectivity index (χ0) is 13.2. The predicted molar refractivity (Wildman–Crippen MR) is 70.4 cm³/mol. The van der Waals surface area contributed by atoms with Crippen molar-refractivity contribution in [2.24, 2.45) is 12.5 Å². The molecule has 1 heterocycles. The van der Waals surface area contributed by atoms with Gasteiger partial charge in [0.1, 0.15) is 10.9 Å². The van der Waals surface area contributed by atoms with E-state index in [0.717, 1.165) is 24.1 Å². The van der Waals surface area contributed by atoms with Crippen molar-refractivity contribution in [2.75, 3.05) is 0 Å². The fraction of sp³-hybridized carbons (Fsp3) is 0.692. The van der Waals surface area contributed by atoms with Gasteiger partial charge in [-0.05, 0) is 19.8 Å². The molecule has 0 atom stereocenters. The van der Waals surface area contributed by atoms with Gasteiger partial charge in [-0.25, -0.2) is 0 Å². The SMILES string of the molecule is Cc1nn(C)c(Cl)c1CCCC(=O)C(C)(C)C. The first-order valence-corrected chi connectivity index (χ1v) is 6.32. The third-order valence-electron chi connectivity index (χ3n) is 2.94. The lowest BCUT2D eigenvalue weighted by molar-refractivity contribution is -0.126. The molecule has 0 aliphatic heterocycles. The van der Waals surface area contributed by atoms with E-state index in [9.17, 15) is 4.79 Å². The Hall–Kier alpha value is -0.830. The van der Waals surface area contributed by atoms with Crippen LogP contribution in [0.5, 0.6) is 0 Å². The fourth-order valence-corrected chi connectivity index (χ4v) is 2.03. The van der Waals surface area contributed by atoms with Crippen molar-refractivity contribution in [1.82, 2.24) is 9.78 Å². The van der Waals surface area contributed by atoms with Crippen LogP contribution in [0.2, 0.25) is 5.15 Å². The molecule has 0 saturated heterocycles. The molecule has 17 heavy (non-hydrogen) atoms. The summed E-state index contributed by atoms with van der Waals surface area (Å²) in [7, 11) is 1.83. The Kier molecular flexibility index (Phi) is 4.36. The Morgan fingerprint density at radius 3 is 2.41 bits per heavy atom. The summed E-state index contributed by atoms with van der Waals surface area (Å²) in [5, 5.41) is 4.94. The molecule has 0 fully saturated rings. The Balaban J connectivity index is 2.55. The first-order valence-electron chi connectivity index (χ1n) is 5.94. The van der Waals surface area contributed by atoms with Crippen LogP contribution in [0.1, 0.15) is 44.9 Å². The zero-order valence-corrected chi connectivity index (χ0v) is 12.1. The fourth-order valence-electron chi connectivity index (χ4n) is 1.76. The number of rotatable bonds is 4. The number of aromatic nitrogens is 2. The summed E-state index contributed by atoms with van der Waals surface area (Å²) in [5.41, 5.74) is 1.78. The van der Waals surface area contributed by atoms with E-state index in [-0.39, 0.29) is 5.41 Å². The van der Waals surface area contributed by atoms with Crippen LogP contribution in [0.15, 0.2) is 0 Å². The highest BCUT2D eigenvalue weighted by molar-refractivity contribution is 6.30. The number of halogens is 1. The van der Waals surface area contributed by atoms with Gasteiger partial charge in [0, 0.05) is 24.4 Å². The number of hydrogen-bond acceptors (Lipinski definition) is 2. The second-order valence-corrected chi connectivity index (χ2v) is 5.86. The summed E-state index contributed by atoms with van der Waals surface area (Å²) < 4.78 is 1.68. The largest absolute Gasteiger partial charge is 0.299 e. The van der Waals surface area contributed by atoms with Gasteiger partial charge in [0.2, 0.25) is 0 Å². The van der Waals surface area contributed by atoms with Gasteiger partial charge in [-0.1, -0.05) is 32.4 Å². The van der Waals surface area contributed by atoms with E-state index in [2.05, 4.69) is 5.10 Å². The van der Waals surface area contributed by atoms with Gasteiger partial charge in [0.25, 0.3) is 0 Å². The Bertz CT molecular complexity index is 416. The zero-order valence-electron chi connectivity index (χ0n) is 11.3. The molecule has 0 aliphatic carbocycles. The number of carbonyl (C=O) groups is 1. The van der Waals surface area contributed by atoms with Crippen LogP contribution in [-0.4, -0.2) is 15.6 Å². The van der Waals surface area contributed by atoms with Crippen molar-refractivity contribution in [3.05, 3.63) is 16.4 Å². The summed E-state index contributed by atoms with van der Waals surface area (Å²) in [6, 6.07) is 0. The van der Waals surface area contributed by atoms with Crippen LogP contribution in [0.25, 0.3) is 0 Å². The lowest BCUT2D eigenvalue weighted by Crippen LogP contribution is -2.19. The normalized spacial score (nSPS) is 11.9. The maximum Gasteiger partial charge on any atom is 0.138 e. The average molecular weight is 257 g/mol. The number of ketones is 1. The lowest BCUT2D eigenvalue weighted by atomic mass is 9.87. The van der Waals surface area contributed by atoms with E-state index in [4.69, 9.17) is 11.6 Å². The summed E-state index contributed by atoms with van der Waals surface area (Å²) in [6.45, 7) is 7.82. The molecule has 4 heteroatoms. The molecule has 0 spiro atoms. The summed E-state index contributed by atoms with van der Waals surface area (Å²) in [6.07, 6.45) is 2.26. The third kappa shape index (κ3) is 3.56. The molecule has 0 amide bonds. The van der Waals surface area contributed by atoms with E-state index in [1.54, 1.807) is 4.68 Å². The van der Waals surface area contributed by atoms with Crippen molar-refractivity contribution in [1.29, 1.82) is 0 Å². The molecule has 0 unspecified atom stereocenters. The highest BCUT2D eigenvalue weighted by Gasteiger charge is 2.20. The summed E-state index contributed by atoms with van der Waals surface area (Å²) in [5.74, 6) is 0.301. The number of Topliss-reactive ketones (excluding diaryl/α,β-unsaturated/α-hetero) is 1. The van der Waals surface area contributed by atoms with Crippen molar-refractivity contribution >= 4 is 17.4 Å². The molecule has 0 saturated carbocycles. The monoisotopic (exact) mass is 256 g/mol. The van der Waals surface area contributed by atoms with E-state index < -0.39 is 0 Å². The minimum Gasteiger partial charge on any atom is -0.299 e. The van der Waals surface area contributed by atoms with Crippen molar-refractivity contribution in [3.63, 3.8) is 0 Å². The number of hydrogen-bond donors (Lipinski definition) is 0. The van der Waals surface area contributed by atoms with Gasteiger partial charge < -0.3 is 0 Å². The highest BCUT2D eigenvalue weighted by Crippen LogP contribution is 2.23. The molecule has 0 bridgehead atoms. The van der Waals surface area contributed by atoms with Crippen LogP contribution in [-0.2, 0) is 18.3 Å². The molecule has 3 nitrogen and oxygen atoms in total. The van der Waals surface area contributed by atoms with Gasteiger partial charge in [-0.3, -0.25) is 9.48 Å². The summed E-state index contributed by atoms with van der Waals surface area (Å²) >= 11 is 6.13. The van der Waals surface area contributed by atoms with Crippen molar-refractivity contribution in [3.8, 4) is 0 Å². The molecular weight excluding hydrogens is 236 g/mol. The van der Waals surface area contributed by atoms with E-state index >= 15 is 0 Å². The first-order chi connectivity index (χ1) is 7.73. The molecule has 0 N–H and O–H groups in total. The quantitative estimate of drug-likeness (QED) is 0.828. The van der Waals surface area contributed by atoms with Gasteiger partial charge in [0.05, 0.1) is 5.69 Å². The van der Waals surface area contributed by atoms with Crippen molar-refractivity contribution < 1.29 is 4.79 Å².